The Balaban J connectivity index is 3.24. The number of aliphatic hydroxyl groups excluding tert-OH is 1. The molecule has 0 saturated heterocycles. The van der Waals surface area contributed by atoms with E-state index in [1.54, 1.807) is 0 Å². The van der Waals surface area contributed by atoms with E-state index in [0.29, 0.717) is 12.0 Å². The lowest BCUT2D eigenvalue weighted by Crippen LogP contribution is -2.16. The first kappa shape index (κ1) is 10.9. The molecular formula is C9H20O2. The molecule has 0 amide bonds. The van der Waals surface area contributed by atoms with Crippen LogP contribution in [0.2, 0.25) is 0 Å². The summed E-state index contributed by atoms with van der Waals surface area (Å²) >= 11 is 0. The molecule has 1 N–H and O–H groups in total. The second-order valence-electron chi connectivity index (χ2n) is 3.43. The third-order valence-electron chi connectivity index (χ3n) is 1.85. The van der Waals surface area contributed by atoms with Gasteiger partial charge in [0.05, 0.1) is 12.2 Å². The molecule has 0 spiro atoms. The van der Waals surface area contributed by atoms with Crippen molar-refractivity contribution in [1.29, 1.82) is 0 Å². The molecule has 0 saturated carbocycles. The van der Waals surface area contributed by atoms with E-state index in [9.17, 15) is 0 Å². The summed E-state index contributed by atoms with van der Waals surface area (Å²) < 4.78 is 5.35. The molecule has 0 aromatic rings. The summed E-state index contributed by atoms with van der Waals surface area (Å²) in [5.41, 5.74) is 0. The van der Waals surface area contributed by atoms with Gasteiger partial charge < -0.3 is 9.84 Å². The molecule has 68 valence electrons. The van der Waals surface area contributed by atoms with Gasteiger partial charge in [-0.2, -0.15) is 0 Å². The monoisotopic (exact) mass is 160 g/mol. The van der Waals surface area contributed by atoms with Crippen LogP contribution in [0.25, 0.3) is 0 Å². The summed E-state index contributed by atoms with van der Waals surface area (Å²) in [4.78, 5) is 0. The zero-order valence-electron chi connectivity index (χ0n) is 8.00. The topological polar surface area (TPSA) is 29.5 Å². The predicted molar refractivity (Wildman–Crippen MR) is 46.5 cm³/mol. The molecule has 0 aromatic carbocycles. The number of hydrogen-bond acceptors (Lipinski definition) is 2. The van der Waals surface area contributed by atoms with E-state index in [0.717, 1.165) is 13.0 Å². The minimum atomic E-state index is -0.217. The van der Waals surface area contributed by atoms with Crippen LogP contribution in [0.1, 0.15) is 34.1 Å². The van der Waals surface area contributed by atoms with E-state index in [1.165, 1.54) is 0 Å². The van der Waals surface area contributed by atoms with Crippen LogP contribution in [-0.2, 0) is 4.74 Å². The van der Waals surface area contributed by atoms with Gasteiger partial charge in [0.25, 0.3) is 0 Å². The van der Waals surface area contributed by atoms with Crippen molar-refractivity contribution in [3.63, 3.8) is 0 Å². The molecule has 2 atom stereocenters. The van der Waals surface area contributed by atoms with Crippen LogP contribution in [0.5, 0.6) is 0 Å². The van der Waals surface area contributed by atoms with E-state index in [2.05, 4.69) is 0 Å². The second-order valence-corrected chi connectivity index (χ2v) is 3.43. The van der Waals surface area contributed by atoms with Crippen molar-refractivity contribution < 1.29 is 9.84 Å². The molecule has 2 heteroatoms. The highest BCUT2D eigenvalue weighted by Crippen LogP contribution is 2.07. The van der Waals surface area contributed by atoms with Crippen molar-refractivity contribution >= 4 is 0 Å². The maximum atomic E-state index is 9.13. The van der Waals surface area contributed by atoms with E-state index in [4.69, 9.17) is 9.84 Å². The minimum Gasteiger partial charge on any atom is -0.393 e. The number of aliphatic hydroxyl groups is 1. The molecule has 0 rings (SSSR count). The van der Waals surface area contributed by atoms with Gasteiger partial charge in [0, 0.05) is 6.61 Å². The SMILES string of the molecule is CC(C)OCCC(C)C(C)O. The fourth-order valence-corrected chi connectivity index (χ4v) is 0.731. The van der Waals surface area contributed by atoms with Gasteiger partial charge >= 0.3 is 0 Å². The number of rotatable bonds is 5. The molecule has 0 heterocycles. The molecule has 11 heavy (non-hydrogen) atoms. The lowest BCUT2D eigenvalue weighted by atomic mass is 10.0. The Bertz CT molecular complexity index is 89.6. The standard InChI is InChI=1S/C9H20O2/c1-7(2)11-6-5-8(3)9(4)10/h7-10H,5-6H2,1-4H3. The molecule has 0 aliphatic carbocycles. The molecule has 0 aliphatic rings. The van der Waals surface area contributed by atoms with Gasteiger partial charge in [-0.1, -0.05) is 6.92 Å². The zero-order valence-corrected chi connectivity index (χ0v) is 8.00. The maximum Gasteiger partial charge on any atom is 0.0538 e. The zero-order chi connectivity index (χ0) is 8.85. The van der Waals surface area contributed by atoms with Crippen LogP contribution >= 0.6 is 0 Å². The van der Waals surface area contributed by atoms with Gasteiger partial charge in [0.15, 0.2) is 0 Å². The first-order valence-electron chi connectivity index (χ1n) is 4.33. The molecule has 0 fully saturated rings. The maximum absolute atomic E-state index is 9.13. The van der Waals surface area contributed by atoms with Crippen molar-refractivity contribution in [3.05, 3.63) is 0 Å². The smallest absolute Gasteiger partial charge is 0.0538 e. The Morgan fingerprint density at radius 2 is 1.73 bits per heavy atom. The predicted octanol–water partition coefficient (Wildman–Crippen LogP) is 1.82. The van der Waals surface area contributed by atoms with Gasteiger partial charge in [0.1, 0.15) is 0 Å². The molecule has 0 aromatic heterocycles. The highest BCUT2D eigenvalue weighted by Gasteiger charge is 2.08. The van der Waals surface area contributed by atoms with E-state index < -0.39 is 0 Å². The molecule has 0 radical (unpaired) electrons. The second kappa shape index (κ2) is 5.56. The van der Waals surface area contributed by atoms with Crippen LogP contribution < -0.4 is 0 Å². The third kappa shape index (κ3) is 6.32. The molecule has 2 unspecified atom stereocenters. The lowest BCUT2D eigenvalue weighted by molar-refractivity contribution is 0.0495. The third-order valence-corrected chi connectivity index (χ3v) is 1.85. The Labute approximate surface area is 69.6 Å². The molecule has 2 nitrogen and oxygen atoms in total. The summed E-state index contributed by atoms with van der Waals surface area (Å²) in [5.74, 6) is 0.341. The number of hydrogen-bond donors (Lipinski definition) is 1. The van der Waals surface area contributed by atoms with Crippen LogP contribution in [0.3, 0.4) is 0 Å². The van der Waals surface area contributed by atoms with Crippen LogP contribution in [0, 0.1) is 5.92 Å². The molecular weight excluding hydrogens is 140 g/mol. The highest BCUT2D eigenvalue weighted by molar-refractivity contribution is 4.58. The normalized spacial score (nSPS) is 16.9. The van der Waals surface area contributed by atoms with E-state index in [1.807, 2.05) is 27.7 Å². The van der Waals surface area contributed by atoms with Gasteiger partial charge in [-0.25, -0.2) is 0 Å². The number of ether oxygens (including phenoxy) is 1. The van der Waals surface area contributed by atoms with Crippen molar-refractivity contribution in [2.45, 2.75) is 46.3 Å². The van der Waals surface area contributed by atoms with Crippen molar-refractivity contribution in [3.8, 4) is 0 Å². The largest absolute Gasteiger partial charge is 0.393 e. The first-order chi connectivity index (χ1) is 5.04. The van der Waals surface area contributed by atoms with Crippen LogP contribution in [-0.4, -0.2) is 23.9 Å². The average Bonchev–Trinajstić information content (AvgIpc) is 1.86. The first-order valence-corrected chi connectivity index (χ1v) is 4.33. The lowest BCUT2D eigenvalue weighted by Gasteiger charge is -2.15. The fourth-order valence-electron chi connectivity index (χ4n) is 0.731. The summed E-state index contributed by atoms with van der Waals surface area (Å²) in [5, 5.41) is 9.13. The highest BCUT2D eigenvalue weighted by atomic mass is 16.5. The van der Waals surface area contributed by atoms with E-state index in [-0.39, 0.29) is 6.10 Å². The Morgan fingerprint density at radius 1 is 1.18 bits per heavy atom. The van der Waals surface area contributed by atoms with Crippen molar-refractivity contribution in [2.75, 3.05) is 6.61 Å². The summed E-state index contributed by atoms with van der Waals surface area (Å²) in [6.07, 6.45) is 1.03. The summed E-state index contributed by atoms with van der Waals surface area (Å²) in [7, 11) is 0. The van der Waals surface area contributed by atoms with Gasteiger partial charge in [0.2, 0.25) is 0 Å². The summed E-state index contributed by atoms with van der Waals surface area (Å²) in [6.45, 7) is 8.65. The van der Waals surface area contributed by atoms with Crippen LogP contribution in [0.15, 0.2) is 0 Å². The fraction of sp³-hybridized carbons (Fsp3) is 1.00. The van der Waals surface area contributed by atoms with Gasteiger partial charge in [-0.15, -0.1) is 0 Å². The molecule has 0 aliphatic heterocycles. The average molecular weight is 160 g/mol. The molecule has 0 bridgehead atoms. The Kier molecular flexibility index (Phi) is 5.51. The summed E-state index contributed by atoms with van der Waals surface area (Å²) in [6, 6.07) is 0. The van der Waals surface area contributed by atoms with Crippen LogP contribution in [0.4, 0.5) is 0 Å². The quantitative estimate of drug-likeness (QED) is 0.664. The Morgan fingerprint density at radius 3 is 2.09 bits per heavy atom. The van der Waals surface area contributed by atoms with Gasteiger partial charge in [-0.05, 0) is 33.1 Å². The van der Waals surface area contributed by atoms with Crippen molar-refractivity contribution in [2.24, 2.45) is 5.92 Å². The minimum absolute atomic E-state index is 0.217. The van der Waals surface area contributed by atoms with E-state index >= 15 is 0 Å². The Hall–Kier alpha value is -0.0800. The van der Waals surface area contributed by atoms with Crippen molar-refractivity contribution in [1.82, 2.24) is 0 Å². The van der Waals surface area contributed by atoms with Gasteiger partial charge in [-0.3, -0.25) is 0 Å².